The Morgan fingerprint density at radius 3 is 1.82 bits per heavy atom. The summed E-state index contributed by atoms with van der Waals surface area (Å²) in [6.45, 7) is 10.9. The van der Waals surface area contributed by atoms with E-state index in [1.807, 2.05) is 50.3 Å². The molecule has 134 heavy (non-hydrogen) atoms. The minimum absolute atomic E-state index is 0.0230. The number of nitrogens with zero attached hydrogens (tertiary/aromatic N) is 3. The molecule has 0 radical (unpaired) electrons. The number of phenols is 1. The lowest BCUT2D eigenvalue weighted by molar-refractivity contribution is -0.161. The molecule has 736 valence electrons. The number of nitrogens with two attached hydrogens (primary N) is 1. The number of aromatic hydroxyl groups is 1. The molecule has 11 amide bonds. The number of rotatable bonds is 60. The number of aromatic nitrogens is 1. The van der Waals surface area contributed by atoms with Crippen molar-refractivity contribution in [1.82, 2.24) is 68.2 Å². The zero-order valence-electron chi connectivity index (χ0n) is 76.0. The van der Waals surface area contributed by atoms with E-state index >= 15 is 4.79 Å². The molecular weight excluding hydrogens is 1810 g/mol. The average Bonchev–Trinajstić information content (AvgIpc) is 1.25. The minimum Gasteiger partial charge on any atom is -0.508 e. The second-order valence-electron chi connectivity index (χ2n) is 32.9. The SMILES string of the molecule is CCCC(=O)OCN(C(=O)[C@@H](NC(=O)[C@H]1CCCCN1C)C(C)CC)[C@H](C[C@@H](OC(C)=O)c1nc(C(=O)N[C@@H](Cc2ccc(O)cc2)C[C@H](C)C(=O)NNC(=O)OCCSSC[C@@H](NC(=O)[C@H](CC(=O)O)CC(=O)[C@@H](N)CNC(=O)[C@@H](CC(=O)[C@H](Cc2ccccc2)NC(=O)CCNC(=O)CC[C@H](NC(=O)N[C@@H](CCC(=O)O)C(=O)O)C(=O)O)Cc2ccccc2)C(=O)O)cs1)C(C)C. The third-order valence-corrected chi connectivity index (χ3v) is 25.2. The fraction of sp³-hybridized carbons (Fsp3) is 0.551. The maximum atomic E-state index is 15.1. The quantitative estimate of drug-likeness (QED) is 0.00723. The van der Waals surface area contributed by atoms with Crippen LogP contribution in [0.2, 0.25) is 0 Å². The topological polar surface area (TPSA) is 639 Å². The van der Waals surface area contributed by atoms with Gasteiger partial charge in [-0.25, -0.2) is 34.4 Å². The first-order valence-electron chi connectivity index (χ1n) is 43.9. The van der Waals surface area contributed by atoms with Gasteiger partial charge in [0.1, 0.15) is 47.2 Å². The summed E-state index contributed by atoms with van der Waals surface area (Å²) in [5.74, 6) is -20.9. The number of ketones is 2. The van der Waals surface area contributed by atoms with Crippen LogP contribution in [0.4, 0.5) is 9.59 Å². The predicted octanol–water partition coefficient (Wildman–Crippen LogP) is 4.48. The summed E-state index contributed by atoms with van der Waals surface area (Å²) in [6.07, 6.45) is -3.78. The Bertz CT molecular complexity index is 4630. The van der Waals surface area contributed by atoms with Crippen LogP contribution in [0.3, 0.4) is 0 Å². The van der Waals surface area contributed by atoms with E-state index in [9.17, 15) is 112 Å². The number of esters is 2. The number of nitrogens with one attached hydrogen (secondary N) is 10. The van der Waals surface area contributed by atoms with Crippen molar-refractivity contribution in [1.29, 1.82) is 0 Å². The number of hydrogen-bond acceptors (Lipinski definition) is 29. The van der Waals surface area contributed by atoms with Crippen molar-refractivity contribution in [2.45, 2.75) is 231 Å². The highest BCUT2D eigenvalue weighted by Crippen LogP contribution is 2.33. The Hall–Kier alpha value is -12.4. The molecule has 0 saturated carbocycles. The van der Waals surface area contributed by atoms with E-state index in [2.05, 4.69) is 47.7 Å². The molecule has 4 aromatic rings. The number of likely N-dealkylation sites (tertiary alicyclic amines) is 1. The molecular formula is C89H124N14O28S3. The van der Waals surface area contributed by atoms with Crippen LogP contribution in [0.15, 0.2) is 90.3 Å². The monoisotopic (exact) mass is 1930 g/mol. The molecule has 14 atom stereocenters. The number of hydrogen-bond donors (Lipinski definition) is 17. The van der Waals surface area contributed by atoms with E-state index < -0.39 is 250 Å². The van der Waals surface area contributed by atoms with Gasteiger partial charge in [-0.15, -0.1) is 11.3 Å². The summed E-state index contributed by atoms with van der Waals surface area (Å²) in [7, 11) is 3.77. The molecule has 3 aromatic carbocycles. The lowest BCUT2D eigenvalue weighted by atomic mass is 9.89. The van der Waals surface area contributed by atoms with Crippen LogP contribution >= 0.6 is 32.9 Å². The predicted molar refractivity (Wildman–Crippen MR) is 488 cm³/mol. The van der Waals surface area contributed by atoms with Crippen molar-refractivity contribution in [2.75, 3.05) is 51.5 Å². The van der Waals surface area contributed by atoms with Gasteiger partial charge in [-0.1, -0.05) is 149 Å². The van der Waals surface area contributed by atoms with E-state index in [-0.39, 0.29) is 97.4 Å². The molecule has 1 aliphatic heterocycles. The number of hydrazine groups is 1. The fourth-order valence-electron chi connectivity index (χ4n) is 14.2. The Morgan fingerprint density at radius 2 is 1.23 bits per heavy atom. The van der Waals surface area contributed by atoms with E-state index in [1.165, 1.54) is 36.3 Å². The summed E-state index contributed by atoms with van der Waals surface area (Å²) in [5.41, 5.74) is 12.4. The van der Waals surface area contributed by atoms with Crippen LogP contribution in [-0.4, -0.2) is 264 Å². The van der Waals surface area contributed by atoms with Crippen LogP contribution in [-0.2, 0) is 110 Å². The highest BCUT2D eigenvalue weighted by Gasteiger charge is 2.41. The molecule has 42 nitrogen and oxygen atoms in total. The molecule has 1 fully saturated rings. The molecule has 45 heteroatoms. The highest BCUT2D eigenvalue weighted by atomic mass is 33.1. The summed E-state index contributed by atoms with van der Waals surface area (Å²) in [4.78, 5) is 257. The van der Waals surface area contributed by atoms with Gasteiger partial charge in [-0.05, 0) is 112 Å². The summed E-state index contributed by atoms with van der Waals surface area (Å²) < 4.78 is 16.8. The number of phenolic OH excluding ortho intramolecular Hbond substituents is 1. The number of carboxylic acids is 5. The van der Waals surface area contributed by atoms with Crippen molar-refractivity contribution in [3.8, 4) is 5.75 Å². The van der Waals surface area contributed by atoms with Gasteiger partial charge in [0, 0.05) is 106 Å². The third kappa shape index (κ3) is 41.0. The molecule has 5 rings (SSSR count). The van der Waals surface area contributed by atoms with Crippen molar-refractivity contribution < 1.29 is 136 Å². The van der Waals surface area contributed by atoms with Gasteiger partial charge in [-0.2, -0.15) is 0 Å². The smallest absolute Gasteiger partial charge is 0.426 e. The maximum absolute atomic E-state index is 15.1. The number of Topliss-reactive ketones (excluding diaryl/α,β-unsaturated/α-hetero) is 2. The summed E-state index contributed by atoms with van der Waals surface area (Å²) in [6, 6.07) is 10.8. The number of urea groups is 1. The van der Waals surface area contributed by atoms with Crippen molar-refractivity contribution >= 4 is 146 Å². The number of piperidine rings is 1. The first-order valence-corrected chi connectivity index (χ1v) is 47.3. The zero-order valence-corrected chi connectivity index (χ0v) is 78.5. The molecule has 18 N–H and O–H groups in total. The maximum Gasteiger partial charge on any atom is 0.426 e. The number of amides is 11. The van der Waals surface area contributed by atoms with Gasteiger partial charge in [0.15, 0.2) is 24.4 Å². The van der Waals surface area contributed by atoms with Crippen LogP contribution in [0, 0.1) is 29.6 Å². The number of benzene rings is 3. The second kappa shape index (κ2) is 58.6. The number of aliphatic carboxylic acids is 5. The lowest BCUT2D eigenvalue weighted by Gasteiger charge is -2.39. The van der Waals surface area contributed by atoms with Crippen LogP contribution in [0.5, 0.6) is 5.75 Å². The fourth-order valence-corrected chi connectivity index (χ4v) is 17.0. The second-order valence-corrected chi connectivity index (χ2v) is 36.4. The summed E-state index contributed by atoms with van der Waals surface area (Å²) in [5, 5.41) is 79.4. The van der Waals surface area contributed by atoms with Gasteiger partial charge in [0.05, 0.1) is 30.5 Å². The molecule has 1 saturated heterocycles. The Kier molecular flexibility index (Phi) is 49.1. The number of carbonyl (C=O) groups is 19. The summed E-state index contributed by atoms with van der Waals surface area (Å²) >= 11 is 1.00. The van der Waals surface area contributed by atoms with Crippen molar-refractivity contribution in [3.63, 3.8) is 0 Å². The largest absolute Gasteiger partial charge is 0.508 e. The van der Waals surface area contributed by atoms with Gasteiger partial charge >= 0.3 is 53.9 Å². The molecule has 0 aliphatic carbocycles. The Balaban J connectivity index is 1.14. The first-order chi connectivity index (χ1) is 63.6. The van der Waals surface area contributed by atoms with E-state index in [0.717, 1.165) is 45.8 Å². The van der Waals surface area contributed by atoms with Gasteiger partial charge in [-0.3, -0.25) is 77.4 Å². The van der Waals surface area contributed by atoms with Gasteiger partial charge < -0.3 is 98.0 Å². The number of thiazole rings is 1. The molecule has 0 spiro atoms. The number of carbonyl (C=O) groups excluding carboxylic acids is 14. The minimum atomic E-state index is -1.70. The van der Waals surface area contributed by atoms with Crippen LogP contribution in [0.1, 0.15) is 189 Å². The van der Waals surface area contributed by atoms with E-state index in [1.54, 1.807) is 79.7 Å². The zero-order chi connectivity index (χ0) is 99.3. The van der Waals surface area contributed by atoms with Crippen molar-refractivity contribution in [3.05, 3.63) is 118 Å². The van der Waals surface area contributed by atoms with E-state index in [0.29, 0.717) is 42.5 Å². The molecule has 2 heterocycles. The Labute approximate surface area is 786 Å². The van der Waals surface area contributed by atoms with Crippen LogP contribution in [0.25, 0.3) is 0 Å². The highest BCUT2D eigenvalue weighted by molar-refractivity contribution is 8.76. The van der Waals surface area contributed by atoms with Gasteiger partial charge in [0.25, 0.3) is 5.91 Å². The Morgan fingerprint density at radius 1 is 0.612 bits per heavy atom. The first kappa shape index (κ1) is 112. The average molecular weight is 1930 g/mol. The molecule has 1 unspecified atom stereocenters. The molecule has 0 bridgehead atoms. The third-order valence-electron chi connectivity index (χ3n) is 21.9. The molecule has 1 aromatic heterocycles. The number of likely N-dealkylation sites (N-methyl/N-ethyl adjacent to an activating group) is 1. The van der Waals surface area contributed by atoms with E-state index in [4.69, 9.17) is 25.1 Å². The standard InChI is InChI=1S/C89H124N14O28S3/c1-9-19-76(114)130-49-103(84(120)77(51(5)10-2)99-82(119)67-24-17-18-35-102(67)8)68(50(3)4)45-71(131-53(7)104)83-96-65(47-132-83)81(118)93-59(40-56-25-27-60(105)28-26-56)38-52(6)78(115)100-101-89(128)129-36-37-133-134-48-66(87(125)126)95-80(117)58(44-75(112)113)42-69(106)61(90)46-92-79(116)57(39-54-20-13-11-14-21-54)43-70(107)64(41-55-22-15-12-16-23-55)94-73(109)33-34-91-72(108)31-29-62(85(121)122)97-88(127)98-63(86(123)124)30-32-74(110)111/h11-16,20-23,25-28,47,50-52,57-59,61-64,66-68,71,77,105H,9-10,17-19,24,29-46,48-49,90H2,1-8H3,(H,91,108)(H,92,116)(H,93,118)(H,94,109)(H,95,117)(H,99,119)(H,100,115)(H,101,128)(H,110,111)(H,112,113)(H,121,122)(H,123,124)(H,125,126)(H2,97,98,127)/t51?,52-,57+,58-,59+,61-,62-,63-,64-,66+,67+,68+,71+,77-/m0/s1. The van der Waals surface area contributed by atoms with Gasteiger partial charge in [0.2, 0.25) is 41.4 Å². The van der Waals surface area contributed by atoms with Crippen molar-refractivity contribution in [2.24, 2.45) is 35.3 Å². The number of ether oxygens (including phenoxy) is 3. The van der Waals surface area contributed by atoms with Crippen LogP contribution < -0.4 is 59.1 Å². The number of carboxylic acid groups (broad SMARTS) is 5. The molecule has 1 aliphatic rings. The normalized spacial score (nSPS) is 15.4. The lowest BCUT2D eigenvalue weighted by Crippen LogP contribution is -2.59.